The van der Waals surface area contributed by atoms with E-state index in [0.717, 1.165) is 10.5 Å². The Morgan fingerprint density at radius 2 is 1.71 bits per heavy atom. The average Bonchev–Trinajstić information content (AvgIpc) is 3.02. The highest BCUT2D eigenvalue weighted by atomic mass is 19.4. The van der Waals surface area contributed by atoms with Gasteiger partial charge in [0, 0.05) is 17.5 Å². The van der Waals surface area contributed by atoms with Crippen LogP contribution in [0.25, 0.3) is 0 Å². The van der Waals surface area contributed by atoms with E-state index < -0.39 is 54.7 Å². The maximum absolute atomic E-state index is 14.0. The molecule has 0 bridgehead atoms. The number of hydrogen-bond acceptors (Lipinski definition) is 5. The second-order valence-corrected chi connectivity index (χ2v) is 9.91. The van der Waals surface area contributed by atoms with Crippen LogP contribution >= 0.6 is 0 Å². The van der Waals surface area contributed by atoms with Crippen molar-refractivity contribution in [3.8, 4) is 5.75 Å². The maximum atomic E-state index is 14.0. The summed E-state index contributed by atoms with van der Waals surface area (Å²) in [6.45, 7) is 4.11. The molecule has 0 unspecified atom stereocenters. The predicted octanol–water partition coefficient (Wildman–Crippen LogP) is 4.64. The van der Waals surface area contributed by atoms with Gasteiger partial charge in [-0.05, 0) is 31.9 Å². The van der Waals surface area contributed by atoms with E-state index in [1.807, 2.05) is 31.2 Å². The summed E-state index contributed by atoms with van der Waals surface area (Å²) in [5.74, 6) is -3.60. The van der Waals surface area contributed by atoms with E-state index >= 15 is 0 Å². The van der Waals surface area contributed by atoms with Gasteiger partial charge in [-0.15, -0.1) is 0 Å². The third kappa shape index (κ3) is 4.56. The van der Waals surface area contributed by atoms with Crippen LogP contribution in [-0.4, -0.2) is 53.8 Å². The van der Waals surface area contributed by atoms with Gasteiger partial charge in [0.2, 0.25) is 18.0 Å². The van der Waals surface area contributed by atoms with E-state index in [0.29, 0.717) is 34.7 Å². The van der Waals surface area contributed by atoms with Crippen molar-refractivity contribution < 1.29 is 32.3 Å². The van der Waals surface area contributed by atoms with Crippen LogP contribution in [0.15, 0.2) is 47.5 Å². The number of anilines is 1. The minimum atomic E-state index is -4.46. The summed E-state index contributed by atoms with van der Waals surface area (Å²) in [6.07, 6.45) is -6.92. The largest absolute Gasteiger partial charge is 0.490 e. The Balaban J connectivity index is 1.64. The Morgan fingerprint density at radius 3 is 2.39 bits per heavy atom. The SMILES string of the molecule is CCC[C@@H]1C(=O)N([C@@H]2N=C(c3cccc(C)c3)c3cccc4c3N(CCO4)C2=O)C(=O)[C@@H]1CCC(F)(F)F. The lowest BCUT2D eigenvalue weighted by atomic mass is 9.87. The molecule has 0 N–H and O–H groups in total. The van der Waals surface area contributed by atoms with Crippen molar-refractivity contribution in [2.75, 3.05) is 18.1 Å². The summed E-state index contributed by atoms with van der Waals surface area (Å²) in [5.41, 5.74) is 3.15. The number of aliphatic imine (C=N–C) groups is 1. The van der Waals surface area contributed by atoms with Crippen molar-refractivity contribution in [3.63, 3.8) is 0 Å². The number of nitrogens with zero attached hydrogens (tertiary/aromatic N) is 3. The Labute approximate surface area is 218 Å². The molecule has 2 aromatic rings. The molecule has 200 valence electrons. The van der Waals surface area contributed by atoms with Gasteiger partial charge >= 0.3 is 6.18 Å². The van der Waals surface area contributed by atoms with Gasteiger partial charge in [-0.2, -0.15) is 13.2 Å². The van der Waals surface area contributed by atoms with E-state index in [4.69, 9.17) is 9.73 Å². The number of aryl methyl sites for hydroxylation is 1. The van der Waals surface area contributed by atoms with Crippen LogP contribution in [0.5, 0.6) is 5.75 Å². The Bertz CT molecular complexity index is 1320. The van der Waals surface area contributed by atoms with E-state index in [1.165, 1.54) is 4.90 Å². The third-order valence-electron chi connectivity index (χ3n) is 7.30. The maximum Gasteiger partial charge on any atom is 0.389 e. The zero-order valence-corrected chi connectivity index (χ0v) is 21.1. The van der Waals surface area contributed by atoms with Crippen molar-refractivity contribution in [1.29, 1.82) is 0 Å². The normalized spacial score (nSPS) is 23.2. The molecule has 3 aliphatic rings. The van der Waals surface area contributed by atoms with Crippen LogP contribution < -0.4 is 9.64 Å². The Hall–Kier alpha value is -3.69. The second-order valence-electron chi connectivity index (χ2n) is 9.91. The number of para-hydroxylation sites is 1. The van der Waals surface area contributed by atoms with Crippen LogP contribution in [0.1, 0.15) is 49.3 Å². The van der Waals surface area contributed by atoms with Gasteiger partial charge in [0.25, 0.3) is 5.91 Å². The lowest BCUT2D eigenvalue weighted by molar-refractivity contribution is -0.148. The molecule has 1 saturated heterocycles. The number of rotatable bonds is 6. The van der Waals surface area contributed by atoms with E-state index in [1.54, 1.807) is 25.1 Å². The fourth-order valence-electron chi connectivity index (χ4n) is 5.60. The molecule has 0 radical (unpaired) electrons. The van der Waals surface area contributed by atoms with E-state index in [9.17, 15) is 27.6 Å². The van der Waals surface area contributed by atoms with Crippen LogP contribution in [0.2, 0.25) is 0 Å². The molecule has 10 heteroatoms. The van der Waals surface area contributed by atoms with E-state index in [-0.39, 0.29) is 19.6 Å². The fourth-order valence-corrected chi connectivity index (χ4v) is 5.60. The molecule has 38 heavy (non-hydrogen) atoms. The summed E-state index contributed by atoms with van der Waals surface area (Å²) in [5, 5.41) is 0. The zero-order chi connectivity index (χ0) is 27.2. The number of imide groups is 1. The van der Waals surface area contributed by atoms with Gasteiger partial charge in [0.05, 0.1) is 29.8 Å². The Morgan fingerprint density at radius 1 is 1.00 bits per heavy atom. The van der Waals surface area contributed by atoms with Gasteiger partial charge < -0.3 is 9.64 Å². The first-order chi connectivity index (χ1) is 18.1. The fraction of sp³-hybridized carbons (Fsp3) is 0.429. The van der Waals surface area contributed by atoms with Crippen molar-refractivity contribution in [3.05, 3.63) is 59.2 Å². The molecular formula is C28H28F3N3O4. The molecule has 3 amide bonds. The highest BCUT2D eigenvalue weighted by Gasteiger charge is 2.53. The minimum Gasteiger partial charge on any atom is -0.490 e. The monoisotopic (exact) mass is 527 g/mol. The summed E-state index contributed by atoms with van der Waals surface area (Å²) >= 11 is 0. The van der Waals surface area contributed by atoms with Crippen molar-refractivity contribution >= 4 is 29.1 Å². The average molecular weight is 528 g/mol. The highest BCUT2D eigenvalue weighted by molar-refractivity contribution is 6.22. The second kappa shape index (κ2) is 9.89. The van der Waals surface area contributed by atoms with Crippen LogP contribution in [-0.2, 0) is 14.4 Å². The predicted molar refractivity (Wildman–Crippen MR) is 134 cm³/mol. The van der Waals surface area contributed by atoms with Gasteiger partial charge in [0.1, 0.15) is 12.4 Å². The first kappa shape index (κ1) is 25.9. The molecule has 7 nitrogen and oxygen atoms in total. The number of benzene rings is 2. The summed E-state index contributed by atoms with van der Waals surface area (Å²) < 4.78 is 45.0. The number of halogens is 3. The molecule has 3 heterocycles. The highest BCUT2D eigenvalue weighted by Crippen LogP contribution is 2.42. The van der Waals surface area contributed by atoms with Gasteiger partial charge in [0.15, 0.2) is 0 Å². The topological polar surface area (TPSA) is 79.3 Å². The molecule has 1 fully saturated rings. The zero-order valence-electron chi connectivity index (χ0n) is 21.1. The minimum absolute atomic E-state index is 0.183. The Kier molecular flexibility index (Phi) is 6.75. The first-order valence-electron chi connectivity index (χ1n) is 12.8. The molecule has 3 atom stereocenters. The third-order valence-corrected chi connectivity index (χ3v) is 7.30. The van der Waals surface area contributed by atoms with Gasteiger partial charge in [-0.1, -0.05) is 49.2 Å². The van der Waals surface area contributed by atoms with E-state index in [2.05, 4.69) is 0 Å². The van der Waals surface area contributed by atoms with Crippen LogP contribution in [0.3, 0.4) is 0 Å². The number of amides is 3. The standard InChI is InChI=1S/C28H28F3N3O4/c1-3-6-18-19(11-12-28(29,30)31)26(36)34(25(18)35)24-27(37)33-13-14-38-21-10-5-9-20(23(21)33)22(32-24)17-8-4-7-16(2)15-17/h4-5,7-10,15,18-19,24H,3,6,11-14H2,1-2H3/t18-,19+,24-/m0/s1. The van der Waals surface area contributed by atoms with Crippen molar-refractivity contribution in [1.82, 2.24) is 4.90 Å². The summed E-state index contributed by atoms with van der Waals surface area (Å²) in [7, 11) is 0. The number of carbonyl (C=O) groups excluding carboxylic acids is 3. The summed E-state index contributed by atoms with van der Waals surface area (Å²) in [4.78, 5) is 48.2. The molecule has 0 spiro atoms. The van der Waals surface area contributed by atoms with Crippen molar-refractivity contribution in [2.24, 2.45) is 16.8 Å². The van der Waals surface area contributed by atoms with Crippen molar-refractivity contribution in [2.45, 2.75) is 51.9 Å². The smallest absolute Gasteiger partial charge is 0.389 e. The molecule has 5 rings (SSSR count). The lowest BCUT2D eigenvalue weighted by Crippen LogP contribution is -2.52. The quantitative estimate of drug-likeness (QED) is 0.513. The number of alkyl halides is 3. The first-order valence-corrected chi connectivity index (χ1v) is 12.8. The number of ether oxygens (including phenoxy) is 1. The lowest BCUT2D eigenvalue weighted by Gasteiger charge is -2.32. The molecule has 0 saturated carbocycles. The number of likely N-dealkylation sites (tertiary alicyclic amines) is 1. The molecular weight excluding hydrogens is 499 g/mol. The molecule has 0 aliphatic carbocycles. The molecule has 0 aromatic heterocycles. The van der Waals surface area contributed by atoms with Gasteiger partial charge in [-0.25, -0.2) is 9.89 Å². The molecule has 3 aliphatic heterocycles. The van der Waals surface area contributed by atoms with Crippen LogP contribution in [0.4, 0.5) is 18.9 Å². The summed E-state index contributed by atoms with van der Waals surface area (Å²) in [6, 6.07) is 12.8. The molecule has 2 aromatic carbocycles. The van der Waals surface area contributed by atoms with Crippen LogP contribution in [0, 0.1) is 18.8 Å². The number of hydrogen-bond donors (Lipinski definition) is 0. The van der Waals surface area contributed by atoms with Gasteiger partial charge in [-0.3, -0.25) is 14.4 Å². The number of carbonyl (C=O) groups is 3.